The lowest BCUT2D eigenvalue weighted by Gasteiger charge is -2.46. The molecule has 1 aliphatic carbocycles. The van der Waals surface area contributed by atoms with Gasteiger partial charge in [0.05, 0.1) is 22.7 Å². The normalized spacial score (nSPS) is 21.2. The Hall–Kier alpha value is -1.43. The van der Waals surface area contributed by atoms with Gasteiger partial charge in [-0.1, -0.05) is 28.9 Å². The van der Waals surface area contributed by atoms with Crippen molar-refractivity contribution in [1.29, 1.82) is 0 Å². The summed E-state index contributed by atoms with van der Waals surface area (Å²) in [6.45, 7) is 2.00. The molecule has 4 rings (SSSR count). The lowest BCUT2D eigenvalue weighted by atomic mass is 9.89. The molecule has 2 aromatic rings. The number of nitrogens with zero attached hydrogens (tertiary/aromatic N) is 3. The average Bonchev–Trinajstić information content (AvgIpc) is 3.19. The smallest absolute Gasteiger partial charge is 0.259 e. The second-order valence-corrected chi connectivity index (χ2v) is 6.43. The van der Waals surface area contributed by atoms with Crippen LogP contribution in [0.4, 0.5) is 0 Å². The van der Waals surface area contributed by atoms with Gasteiger partial charge in [-0.15, -0.1) is 0 Å². The monoisotopic (exact) mass is 305 g/mol. The molecule has 2 aliphatic rings. The van der Waals surface area contributed by atoms with E-state index in [-0.39, 0.29) is 0 Å². The van der Waals surface area contributed by atoms with Crippen LogP contribution in [0.15, 0.2) is 28.8 Å². The Morgan fingerprint density at radius 2 is 2.10 bits per heavy atom. The van der Waals surface area contributed by atoms with E-state index in [4.69, 9.17) is 16.1 Å². The fourth-order valence-electron chi connectivity index (χ4n) is 2.98. The number of halogens is 1. The number of rotatable bonds is 4. The van der Waals surface area contributed by atoms with E-state index in [0.29, 0.717) is 42.3 Å². The van der Waals surface area contributed by atoms with E-state index in [1.807, 2.05) is 18.2 Å². The molecule has 0 atom stereocenters. The van der Waals surface area contributed by atoms with Crippen LogP contribution in [0, 0.1) is 5.92 Å². The lowest BCUT2D eigenvalue weighted by Crippen LogP contribution is -2.62. The Balaban J connectivity index is 1.43. The van der Waals surface area contributed by atoms with Crippen LogP contribution in [0.3, 0.4) is 0 Å². The molecule has 5 nitrogen and oxygen atoms in total. The van der Waals surface area contributed by atoms with Crippen LogP contribution in [0.2, 0.25) is 5.02 Å². The summed E-state index contributed by atoms with van der Waals surface area (Å²) in [5.74, 6) is 1.56. The van der Waals surface area contributed by atoms with Gasteiger partial charge >= 0.3 is 0 Å². The number of benzene rings is 1. The van der Waals surface area contributed by atoms with Gasteiger partial charge in [0, 0.05) is 13.1 Å². The van der Waals surface area contributed by atoms with Crippen LogP contribution in [0.5, 0.6) is 0 Å². The summed E-state index contributed by atoms with van der Waals surface area (Å²) in [4.78, 5) is 6.52. The Kier molecular flexibility index (Phi) is 3.03. The SMILES string of the molecule is OC1(C2CC2)CN(Cc2noc(-c3ccccc3Cl)n2)C1. The average molecular weight is 306 g/mol. The number of β-amino-alcohol motifs (C(OH)–C–C–N with tert-alkyl or cyclic N) is 1. The van der Waals surface area contributed by atoms with E-state index >= 15 is 0 Å². The molecule has 2 heterocycles. The van der Waals surface area contributed by atoms with Gasteiger partial charge in [-0.05, 0) is 30.9 Å². The van der Waals surface area contributed by atoms with Gasteiger partial charge in [-0.25, -0.2) is 0 Å². The Bertz CT molecular complexity index is 662. The Morgan fingerprint density at radius 1 is 1.33 bits per heavy atom. The molecule has 0 spiro atoms. The van der Waals surface area contributed by atoms with Crippen molar-refractivity contribution in [2.45, 2.75) is 25.0 Å². The maximum atomic E-state index is 10.3. The van der Waals surface area contributed by atoms with Crippen LogP contribution < -0.4 is 0 Å². The van der Waals surface area contributed by atoms with Crippen molar-refractivity contribution in [3.05, 3.63) is 35.1 Å². The van der Waals surface area contributed by atoms with Gasteiger partial charge in [0.2, 0.25) is 0 Å². The first-order valence-corrected chi connectivity index (χ1v) is 7.54. The first-order valence-electron chi connectivity index (χ1n) is 7.16. The van der Waals surface area contributed by atoms with E-state index in [1.165, 1.54) is 0 Å². The molecular weight excluding hydrogens is 290 g/mol. The van der Waals surface area contributed by atoms with Crippen molar-refractivity contribution in [2.24, 2.45) is 5.92 Å². The summed E-state index contributed by atoms with van der Waals surface area (Å²) in [5.41, 5.74) is 0.269. The van der Waals surface area contributed by atoms with E-state index < -0.39 is 5.60 Å². The summed E-state index contributed by atoms with van der Waals surface area (Å²) in [6.07, 6.45) is 2.31. The van der Waals surface area contributed by atoms with Crippen LogP contribution in [-0.4, -0.2) is 38.8 Å². The van der Waals surface area contributed by atoms with Crippen molar-refractivity contribution < 1.29 is 9.63 Å². The topological polar surface area (TPSA) is 62.4 Å². The van der Waals surface area contributed by atoms with E-state index in [0.717, 1.165) is 18.4 Å². The molecule has 110 valence electrons. The van der Waals surface area contributed by atoms with Crippen molar-refractivity contribution in [2.75, 3.05) is 13.1 Å². The highest BCUT2D eigenvalue weighted by Gasteiger charge is 2.51. The highest BCUT2D eigenvalue weighted by molar-refractivity contribution is 6.33. The van der Waals surface area contributed by atoms with Crippen LogP contribution in [-0.2, 0) is 6.54 Å². The molecule has 0 radical (unpaired) electrons. The van der Waals surface area contributed by atoms with E-state index in [9.17, 15) is 5.11 Å². The number of hydrogen-bond donors (Lipinski definition) is 1. The first-order chi connectivity index (χ1) is 10.1. The van der Waals surface area contributed by atoms with Crippen LogP contribution in [0.25, 0.3) is 11.5 Å². The van der Waals surface area contributed by atoms with Crippen molar-refractivity contribution in [1.82, 2.24) is 15.0 Å². The highest BCUT2D eigenvalue weighted by atomic mass is 35.5. The maximum Gasteiger partial charge on any atom is 0.259 e. The number of aromatic nitrogens is 2. The van der Waals surface area contributed by atoms with E-state index in [2.05, 4.69) is 15.0 Å². The predicted octanol–water partition coefficient (Wildman–Crippen LogP) is 2.35. The third kappa shape index (κ3) is 2.46. The summed E-state index contributed by atoms with van der Waals surface area (Å²) < 4.78 is 5.28. The molecule has 1 saturated heterocycles. The molecular formula is C15H16ClN3O2. The zero-order chi connectivity index (χ0) is 14.4. The second-order valence-electron chi connectivity index (χ2n) is 6.02. The van der Waals surface area contributed by atoms with Gasteiger partial charge < -0.3 is 9.63 Å². The second kappa shape index (κ2) is 4.80. The van der Waals surface area contributed by atoms with Gasteiger partial charge in [0.15, 0.2) is 5.82 Å². The fourth-order valence-corrected chi connectivity index (χ4v) is 3.20. The number of hydrogen-bond acceptors (Lipinski definition) is 5. The van der Waals surface area contributed by atoms with Crippen molar-refractivity contribution in [3.8, 4) is 11.5 Å². The number of aliphatic hydroxyl groups is 1. The quantitative estimate of drug-likeness (QED) is 0.939. The van der Waals surface area contributed by atoms with Gasteiger partial charge in [0.25, 0.3) is 5.89 Å². The number of likely N-dealkylation sites (tertiary alicyclic amines) is 1. The molecule has 0 bridgehead atoms. The van der Waals surface area contributed by atoms with Crippen LogP contribution >= 0.6 is 11.6 Å². The van der Waals surface area contributed by atoms with Crippen LogP contribution in [0.1, 0.15) is 18.7 Å². The molecule has 6 heteroatoms. The molecule has 0 unspecified atom stereocenters. The standard InChI is InChI=1S/C15H16ClN3O2/c16-12-4-2-1-3-11(12)14-17-13(18-21-14)7-19-8-15(20,9-19)10-5-6-10/h1-4,10,20H,5-9H2. The third-order valence-corrected chi connectivity index (χ3v) is 4.60. The highest BCUT2D eigenvalue weighted by Crippen LogP contribution is 2.44. The molecule has 1 aromatic heterocycles. The molecule has 1 N–H and O–H groups in total. The molecule has 2 fully saturated rings. The summed E-state index contributed by atoms with van der Waals surface area (Å²) >= 11 is 6.12. The fraction of sp³-hybridized carbons (Fsp3) is 0.467. The Morgan fingerprint density at radius 3 is 2.81 bits per heavy atom. The minimum atomic E-state index is -0.477. The molecule has 21 heavy (non-hydrogen) atoms. The van der Waals surface area contributed by atoms with Crippen molar-refractivity contribution >= 4 is 11.6 Å². The minimum Gasteiger partial charge on any atom is -0.387 e. The van der Waals surface area contributed by atoms with Gasteiger partial charge in [-0.2, -0.15) is 4.98 Å². The summed E-state index contributed by atoms with van der Waals surface area (Å²) in [5, 5.41) is 14.9. The summed E-state index contributed by atoms with van der Waals surface area (Å²) in [6, 6.07) is 7.40. The van der Waals surface area contributed by atoms with Crippen molar-refractivity contribution in [3.63, 3.8) is 0 Å². The largest absolute Gasteiger partial charge is 0.387 e. The van der Waals surface area contributed by atoms with Gasteiger partial charge in [-0.3, -0.25) is 4.90 Å². The Labute approximate surface area is 127 Å². The molecule has 0 amide bonds. The lowest BCUT2D eigenvalue weighted by molar-refractivity contribution is -0.117. The summed E-state index contributed by atoms with van der Waals surface area (Å²) in [7, 11) is 0. The molecule has 1 aromatic carbocycles. The zero-order valence-electron chi connectivity index (χ0n) is 11.5. The first kappa shape index (κ1) is 13.2. The molecule has 1 aliphatic heterocycles. The van der Waals surface area contributed by atoms with Gasteiger partial charge in [0.1, 0.15) is 0 Å². The minimum absolute atomic E-state index is 0.438. The van der Waals surface area contributed by atoms with E-state index in [1.54, 1.807) is 6.07 Å². The molecule has 1 saturated carbocycles. The predicted molar refractivity (Wildman–Crippen MR) is 77.7 cm³/mol. The maximum absolute atomic E-state index is 10.3. The zero-order valence-corrected chi connectivity index (χ0v) is 12.3. The third-order valence-electron chi connectivity index (χ3n) is 4.27.